The van der Waals surface area contributed by atoms with E-state index in [1.807, 2.05) is 35.9 Å². The third-order valence-electron chi connectivity index (χ3n) is 5.98. The number of pyridine rings is 1. The molecule has 1 N–H and O–H groups in total. The fraction of sp³-hybridized carbons (Fsp3) is 0.333. The van der Waals surface area contributed by atoms with Gasteiger partial charge in [-0.1, -0.05) is 36.2 Å². The van der Waals surface area contributed by atoms with Gasteiger partial charge in [-0.2, -0.15) is 18.3 Å². The van der Waals surface area contributed by atoms with Gasteiger partial charge in [0, 0.05) is 23.9 Å². The second kappa shape index (κ2) is 7.33. The molecule has 10 heteroatoms. The van der Waals surface area contributed by atoms with Crippen LogP contribution in [0.15, 0.2) is 36.7 Å². The Kier molecular flexibility index (Phi) is 4.73. The summed E-state index contributed by atoms with van der Waals surface area (Å²) in [6.07, 6.45) is 0.464. The van der Waals surface area contributed by atoms with Crippen LogP contribution in [0.2, 0.25) is 5.15 Å². The van der Waals surface area contributed by atoms with Crippen LogP contribution in [0.4, 0.5) is 13.2 Å². The molecule has 6 nitrogen and oxygen atoms in total. The molecular weight excluding hydrogens is 429 g/mol. The number of hydrogen-bond donors (Lipinski definition) is 1. The van der Waals surface area contributed by atoms with Crippen molar-refractivity contribution in [2.45, 2.75) is 31.4 Å². The molecule has 0 radical (unpaired) electrons. The van der Waals surface area contributed by atoms with Crippen molar-refractivity contribution in [3.05, 3.63) is 58.8 Å². The predicted octanol–water partition coefficient (Wildman–Crippen LogP) is 5.36. The molecule has 3 heterocycles. The molecule has 1 aliphatic rings. The number of nitrogens with one attached hydrogen (secondary N) is 1. The number of fused-ring (bicyclic) bond motifs is 1. The lowest BCUT2D eigenvalue weighted by Gasteiger charge is -2.33. The van der Waals surface area contributed by atoms with Crippen molar-refractivity contribution >= 4 is 22.6 Å². The Morgan fingerprint density at radius 2 is 2.03 bits per heavy atom. The normalized spacial score (nSPS) is 15.9. The Morgan fingerprint density at radius 1 is 1.23 bits per heavy atom. The van der Waals surface area contributed by atoms with Crippen LogP contribution >= 0.6 is 11.6 Å². The first kappa shape index (κ1) is 20.0. The first-order chi connectivity index (χ1) is 14.8. The lowest BCUT2D eigenvalue weighted by Crippen LogP contribution is -2.24. The number of halogens is 4. The number of benzene rings is 1. The summed E-state index contributed by atoms with van der Waals surface area (Å²) >= 11 is 5.74. The van der Waals surface area contributed by atoms with E-state index in [4.69, 9.17) is 11.6 Å². The largest absolute Gasteiger partial charge is 0.419 e. The van der Waals surface area contributed by atoms with Crippen LogP contribution < -0.4 is 0 Å². The van der Waals surface area contributed by atoms with E-state index >= 15 is 0 Å². The Hall–Kier alpha value is -2.94. The molecule has 1 aromatic carbocycles. The van der Waals surface area contributed by atoms with Gasteiger partial charge in [0.15, 0.2) is 5.65 Å². The van der Waals surface area contributed by atoms with Crippen LogP contribution in [0.3, 0.4) is 0 Å². The van der Waals surface area contributed by atoms with Crippen LogP contribution in [0.1, 0.15) is 42.1 Å². The summed E-state index contributed by atoms with van der Waals surface area (Å²) in [5, 5.41) is 14.9. The van der Waals surface area contributed by atoms with Crippen molar-refractivity contribution in [1.82, 2.24) is 29.9 Å². The summed E-state index contributed by atoms with van der Waals surface area (Å²) in [5.74, 6) is 1.40. The van der Waals surface area contributed by atoms with Crippen LogP contribution in [0.5, 0.6) is 0 Å². The molecule has 3 aromatic heterocycles. The third-order valence-corrected chi connectivity index (χ3v) is 6.27. The van der Waals surface area contributed by atoms with Gasteiger partial charge in [-0.25, -0.2) is 4.98 Å². The van der Waals surface area contributed by atoms with Crippen molar-refractivity contribution < 1.29 is 13.2 Å². The minimum absolute atomic E-state index is 0.0636. The topological polar surface area (TPSA) is 72.3 Å². The number of aromatic amines is 1. The molecule has 0 saturated heterocycles. The minimum atomic E-state index is -4.60. The molecule has 1 saturated carbocycles. The summed E-state index contributed by atoms with van der Waals surface area (Å²) in [6.45, 7) is 0. The highest BCUT2D eigenvalue weighted by Crippen LogP contribution is 2.43. The highest BCUT2D eigenvalue weighted by molar-refractivity contribution is 6.30. The average molecular weight is 447 g/mol. The highest BCUT2D eigenvalue weighted by Gasteiger charge is 2.35. The number of nitrogens with zero attached hydrogens (tertiary/aromatic N) is 5. The van der Waals surface area contributed by atoms with Gasteiger partial charge in [-0.05, 0) is 36.5 Å². The van der Waals surface area contributed by atoms with Crippen LogP contribution in [-0.4, -0.2) is 29.9 Å². The second-order valence-corrected chi connectivity index (χ2v) is 8.25. The van der Waals surface area contributed by atoms with Gasteiger partial charge in [0.05, 0.1) is 11.3 Å². The number of alkyl halides is 3. The maximum Gasteiger partial charge on any atom is 0.419 e. The summed E-state index contributed by atoms with van der Waals surface area (Å²) in [7, 11) is 1.92. The van der Waals surface area contributed by atoms with Crippen molar-refractivity contribution in [3.8, 4) is 11.3 Å². The quantitative estimate of drug-likeness (QED) is 0.428. The van der Waals surface area contributed by atoms with Crippen LogP contribution in [-0.2, 0) is 13.2 Å². The third kappa shape index (κ3) is 3.46. The first-order valence-electron chi connectivity index (χ1n) is 9.89. The summed E-state index contributed by atoms with van der Waals surface area (Å²) in [5.41, 5.74) is 1.40. The van der Waals surface area contributed by atoms with E-state index in [-0.39, 0.29) is 17.0 Å². The van der Waals surface area contributed by atoms with E-state index in [0.717, 1.165) is 35.9 Å². The number of H-pyrrole nitrogens is 1. The van der Waals surface area contributed by atoms with Gasteiger partial charge in [0.2, 0.25) is 0 Å². The number of rotatable bonds is 4. The van der Waals surface area contributed by atoms with E-state index in [9.17, 15) is 13.2 Å². The molecule has 1 atom stereocenters. The van der Waals surface area contributed by atoms with Gasteiger partial charge in [-0.15, -0.1) is 10.2 Å². The summed E-state index contributed by atoms with van der Waals surface area (Å²) in [4.78, 5) is 3.83. The molecule has 1 fully saturated rings. The van der Waals surface area contributed by atoms with Crippen molar-refractivity contribution in [2.75, 3.05) is 0 Å². The molecule has 1 unspecified atom stereocenters. The molecule has 4 aromatic rings. The van der Waals surface area contributed by atoms with Crippen LogP contribution in [0, 0.1) is 5.92 Å². The lowest BCUT2D eigenvalue weighted by molar-refractivity contribution is -0.137. The molecule has 0 aliphatic heterocycles. The molecule has 1 aliphatic carbocycles. The van der Waals surface area contributed by atoms with E-state index < -0.39 is 16.9 Å². The Labute approximate surface area is 180 Å². The SMILES string of the molecule is Cn1cnnc1C(c1cccc(-c2[nH]nc3nc(Cl)c(C(F)(F)F)cc23)c1)C1CCC1. The monoisotopic (exact) mass is 446 g/mol. The zero-order valence-electron chi connectivity index (χ0n) is 16.5. The smallest absolute Gasteiger partial charge is 0.320 e. The van der Waals surface area contributed by atoms with E-state index in [2.05, 4.69) is 25.4 Å². The Bertz CT molecular complexity index is 1260. The molecule has 0 amide bonds. The molecule has 0 spiro atoms. The van der Waals surface area contributed by atoms with Gasteiger partial charge < -0.3 is 4.57 Å². The number of hydrogen-bond acceptors (Lipinski definition) is 4. The Balaban J connectivity index is 1.62. The molecular formula is C21H18ClF3N6. The predicted molar refractivity (Wildman–Crippen MR) is 110 cm³/mol. The zero-order chi connectivity index (χ0) is 21.8. The maximum absolute atomic E-state index is 13.3. The van der Waals surface area contributed by atoms with Gasteiger partial charge >= 0.3 is 6.18 Å². The van der Waals surface area contributed by atoms with Gasteiger partial charge in [0.1, 0.15) is 17.3 Å². The number of aryl methyl sites for hydroxylation is 1. The second-order valence-electron chi connectivity index (χ2n) is 7.89. The van der Waals surface area contributed by atoms with Crippen LogP contribution in [0.25, 0.3) is 22.3 Å². The van der Waals surface area contributed by atoms with Crippen molar-refractivity contribution in [2.24, 2.45) is 13.0 Å². The molecule has 31 heavy (non-hydrogen) atoms. The van der Waals surface area contributed by atoms with Crippen molar-refractivity contribution in [1.29, 1.82) is 0 Å². The minimum Gasteiger partial charge on any atom is -0.320 e. The van der Waals surface area contributed by atoms with E-state index in [1.165, 1.54) is 6.42 Å². The summed E-state index contributed by atoms with van der Waals surface area (Å²) in [6, 6.07) is 8.74. The molecule has 160 valence electrons. The van der Waals surface area contributed by atoms with Gasteiger partial charge in [-0.3, -0.25) is 5.10 Å². The highest BCUT2D eigenvalue weighted by atomic mass is 35.5. The summed E-state index contributed by atoms with van der Waals surface area (Å²) < 4.78 is 42.0. The standard InChI is InChI=1S/C21H18ClF3N6/c1-31-10-26-30-20(31)16(11-4-2-5-11)12-6-3-7-13(8-12)17-14-9-15(21(23,24)25)18(22)27-19(14)29-28-17/h3,6-11,16H,2,4-5H2,1H3,(H,27,28,29). The van der Waals surface area contributed by atoms with E-state index in [0.29, 0.717) is 11.6 Å². The van der Waals surface area contributed by atoms with E-state index in [1.54, 1.807) is 6.33 Å². The lowest BCUT2D eigenvalue weighted by atomic mass is 9.72. The zero-order valence-corrected chi connectivity index (χ0v) is 17.2. The fourth-order valence-electron chi connectivity index (χ4n) is 4.21. The average Bonchev–Trinajstić information content (AvgIpc) is 3.28. The first-order valence-corrected chi connectivity index (χ1v) is 10.3. The maximum atomic E-state index is 13.3. The Morgan fingerprint density at radius 3 is 2.68 bits per heavy atom. The fourth-order valence-corrected chi connectivity index (χ4v) is 4.45. The van der Waals surface area contributed by atoms with Gasteiger partial charge in [0.25, 0.3) is 0 Å². The number of aromatic nitrogens is 6. The molecule has 5 rings (SSSR count). The molecule has 0 bridgehead atoms. The van der Waals surface area contributed by atoms with Crippen molar-refractivity contribution in [3.63, 3.8) is 0 Å².